The van der Waals surface area contributed by atoms with Crippen LogP contribution in [0.2, 0.25) is 0 Å². The molecule has 112 valence electrons. The molecule has 0 radical (unpaired) electrons. The first-order valence-electron chi connectivity index (χ1n) is 7.06. The van der Waals surface area contributed by atoms with Gasteiger partial charge >= 0.3 is 0 Å². The van der Waals surface area contributed by atoms with Crippen LogP contribution in [0.5, 0.6) is 5.75 Å². The number of para-hydroxylation sites is 1. The van der Waals surface area contributed by atoms with E-state index in [0.717, 1.165) is 17.9 Å². The molecule has 1 atom stereocenters. The molecule has 1 N–H and O–H groups in total. The number of hydrogen-bond donors (Lipinski definition) is 1. The van der Waals surface area contributed by atoms with E-state index in [-0.39, 0.29) is 6.61 Å². The van der Waals surface area contributed by atoms with E-state index in [1.54, 1.807) is 13.3 Å². The fourth-order valence-corrected chi connectivity index (χ4v) is 2.35. The summed E-state index contributed by atoms with van der Waals surface area (Å²) in [5, 5.41) is 9.19. The van der Waals surface area contributed by atoms with E-state index in [4.69, 9.17) is 4.74 Å². The van der Waals surface area contributed by atoms with Gasteiger partial charge < -0.3 is 14.7 Å². The first-order valence-corrected chi connectivity index (χ1v) is 7.06. The van der Waals surface area contributed by atoms with Gasteiger partial charge in [0.15, 0.2) is 0 Å². The second kappa shape index (κ2) is 7.09. The molecule has 21 heavy (non-hydrogen) atoms. The van der Waals surface area contributed by atoms with Crippen LogP contribution in [-0.2, 0) is 13.0 Å². The molecule has 1 unspecified atom stereocenters. The fourth-order valence-electron chi connectivity index (χ4n) is 2.35. The van der Waals surface area contributed by atoms with Crippen LogP contribution in [0.1, 0.15) is 18.2 Å². The molecule has 1 aromatic carbocycles. The summed E-state index contributed by atoms with van der Waals surface area (Å²) in [6.45, 7) is 2.13. The van der Waals surface area contributed by atoms with E-state index in [1.165, 1.54) is 5.56 Å². The molecule has 0 bridgehead atoms. The number of likely N-dealkylation sites (N-methyl/N-ethyl adjacent to an activating group) is 1. The third-order valence-electron chi connectivity index (χ3n) is 3.74. The van der Waals surface area contributed by atoms with Gasteiger partial charge in [-0.25, -0.2) is 0 Å². The monoisotopic (exact) mass is 286 g/mol. The van der Waals surface area contributed by atoms with Crippen molar-refractivity contribution in [2.24, 2.45) is 0 Å². The molecule has 2 aromatic rings. The smallest absolute Gasteiger partial charge is 0.122 e. The van der Waals surface area contributed by atoms with Crippen molar-refractivity contribution in [3.05, 3.63) is 53.9 Å². The molecular weight excluding hydrogens is 264 g/mol. The zero-order valence-electron chi connectivity index (χ0n) is 12.8. The topological polar surface area (TPSA) is 45.6 Å². The van der Waals surface area contributed by atoms with Crippen LogP contribution in [0, 0.1) is 0 Å². The molecule has 2 rings (SSSR count). The Kier molecular flexibility index (Phi) is 5.17. The summed E-state index contributed by atoms with van der Waals surface area (Å²) in [4.78, 5) is 6.30. The number of ether oxygens (including phenoxy) is 1. The van der Waals surface area contributed by atoms with Gasteiger partial charge in [0.25, 0.3) is 0 Å². The molecule has 1 heterocycles. The van der Waals surface area contributed by atoms with Crippen molar-refractivity contribution in [3.63, 3.8) is 0 Å². The number of aliphatic hydroxyl groups is 1. The second-order valence-electron chi connectivity index (χ2n) is 5.14. The predicted molar refractivity (Wildman–Crippen MR) is 84.7 cm³/mol. The lowest BCUT2D eigenvalue weighted by Gasteiger charge is -2.27. The molecule has 0 aliphatic rings. The Morgan fingerprint density at radius 3 is 2.76 bits per heavy atom. The lowest BCUT2D eigenvalue weighted by molar-refractivity contribution is 0.277. The van der Waals surface area contributed by atoms with Crippen LogP contribution in [0.3, 0.4) is 0 Å². The zero-order valence-corrected chi connectivity index (χ0v) is 12.8. The van der Waals surface area contributed by atoms with Crippen LogP contribution < -0.4 is 9.64 Å². The molecule has 0 spiro atoms. The van der Waals surface area contributed by atoms with Gasteiger partial charge in [0.05, 0.1) is 19.4 Å². The lowest BCUT2D eigenvalue weighted by atomic mass is 10.0. The van der Waals surface area contributed by atoms with Gasteiger partial charge in [-0.1, -0.05) is 18.2 Å². The van der Waals surface area contributed by atoms with E-state index in [2.05, 4.69) is 29.9 Å². The summed E-state index contributed by atoms with van der Waals surface area (Å²) in [5.74, 6) is 0.920. The zero-order chi connectivity index (χ0) is 15.2. The van der Waals surface area contributed by atoms with Crippen molar-refractivity contribution in [2.45, 2.75) is 26.0 Å². The Bertz CT molecular complexity index is 587. The maximum Gasteiger partial charge on any atom is 0.122 e. The number of benzene rings is 1. The molecule has 0 fully saturated rings. The van der Waals surface area contributed by atoms with Gasteiger partial charge in [-0.2, -0.15) is 0 Å². The van der Waals surface area contributed by atoms with Gasteiger partial charge in [-0.15, -0.1) is 0 Å². The Labute approximate surface area is 126 Å². The molecule has 4 heteroatoms. The highest BCUT2D eigenvalue weighted by molar-refractivity contribution is 5.47. The number of aliphatic hydroxyl groups excluding tert-OH is 1. The van der Waals surface area contributed by atoms with Crippen molar-refractivity contribution >= 4 is 5.69 Å². The summed E-state index contributed by atoms with van der Waals surface area (Å²) in [6, 6.07) is 12.3. The number of nitrogens with zero attached hydrogens (tertiary/aromatic N) is 2. The number of hydrogen-bond acceptors (Lipinski definition) is 4. The minimum Gasteiger partial charge on any atom is -0.496 e. The first kappa shape index (κ1) is 15.3. The first-order chi connectivity index (χ1) is 10.2. The minimum atomic E-state index is -0.0391. The Hall–Kier alpha value is -2.07. The molecular formula is C17H22N2O2. The highest BCUT2D eigenvalue weighted by Gasteiger charge is 2.13. The van der Waals surface area contributed by atoms with Gasteiger partial charge in [0.1, 0.15) is 5.75 Å². The largest absolute Gasteiger partial charge is 0.496 e. The van der Waals surface area contributed by atoms with Crippen molar-refractivity contribution in [1.29, 1.82) is 0 Å². The molecule has 0 amide bonds. The van der Waals surface area contributed by atoms with Crippen LogP contribution in [0.25, 0.3) is 0 Å². The normalized spacial score (nSPS) is 12.0. The van der Waals surface area contributed by atoms with Crippen LogP contribution in [0.15, 0.2) is 42.6 Å². The Morgan fingerprint density at radius 2 is 2.05 bits per heavy atom. The molecule has 0 aliphatic carbocycles. The SMILES string of the molecule is COc1ccccc1CC(C)N(C)c1ccnc(CO)c1. The van der Waals surface area contributed by atoms with E-state index in [9.17, 15) is 5.11 Å². The maximum atomic E-state index is 9.19. The summed E-state index contributed by atoms with van der Waals surface area (Å²) >= 11 is 0. The fraction of sp³-hybridized carbons (Fsp3) is 0.353. The van der Waals surface area contributed by atoms with Gasteiger partial charge in [0.2, 0.25) is 0 Å². The van der Waals surface area contributed by atoms with Gasteiger partial charge in [0, 0.05) is 25.0 Å². The summed E-state index contributed by atoms with van der Waals surface area (Å²) in [7, 11) is 3.75. The molecule has 1 aromatic heterocycles. The van der Waals surface area contributed by atoms with Crippen molar-refractivity contribution in [2.75, 3.05) is 19.1 Å². The van der Waals surface area contributed by atoms with E-state index >= 15 is 0 Å². The second-order valence-corrected chi connectivity index (χ2v) is 5.14. The lowest BCUT2D eigenvalue weighted by Crippen LogP contribution is -2.31. The average Bonchev–Trinajstić information content (AvgIpc) is 2.54. The minimum absolute atomic E-state index is 0.0391. The quantitative estimate of drug-likeness (QED) is 0.887. The third-order valence-corrected chi connectivity index (χ3v) is 3.74. The summed E-state index contributed by atoms with van der Waals surface area (Å²) in [6.07, 6.45) is 2.62. The van der Waals surface area contributed by atoms with Crippen LogP contribution >= 0.6 is 0 Å². The molecule has 0 aliphatic heterocycles. The number of aromatic nitrogens is 1. The van der Waals surface area contributed by atoms with Gasteiger partial charge in [-0.05, 0) is 37.1 Å². The van der Waals surface area contributed by atoms with Crippen molar-refractivity contribution in [1.82, 2.24) is 4.98 Å². The molecule has 0 saturated carbocycles. The number of pyridine rings is 1. The van der Waals surface area contributed by atoms with Crippen LogP contribution in [0.4, 0.5) is 5.69 Å². The maximum absolute atomic E-state index is 9.19. The summed E-state index contributed by atoms with van der Waals surface area (Å²) < 4.78 is 5.41. The molecule has 4 nitrogen and oxygen atoms in total. The third kappa shape index (κ3) is 3.73. The number of anilines is 1. The number of rotatable bonds is 6. The standard InChI is InChI=1S/C17H22N2O2/c1-13(10-14-6-4-5-7-17(14)21-3)19(2)16-8-9-18-15(11-16)12-20/h4-9,11,13,20H,10,12H2,1-3H3. The van der Waals surface area contributed by atoms with Gasteiger partial charge in [-0.3, -0.25) is 4.98 Å². The van der Waals surface area contributed by atoms with Crippen LogP contribution in [-0.4, -0.2) is 30.3 Å². The highest BCUT2D eigenvalue weighted by Crippen LogP contribution is 2.23. The van der Waals surface area contributed by atoms with Crippen molar-refractivity contribution < 1.29 is 9.84 Å². The van der Waals surface area contributed by atoms with E-state index in [0.29, 0.717) is 11.7 Å². The predicted octanol–water partition coefficient (Wildman–Crippen LogP) is 2.65. The Balaban J connectivity index is 2.13. The highest BCUT2D eigenvalue weighted by atomic mass is 16.5. The van der Waals surface area contributed by atoms with E-state index in [1.807, 2.05) is 30.3 Å². The van der Waals surface area contributed by atoms with E-state index < -0.39 is 0 Å². The number of methoxy groups -OCH3 is 1. The average molecular weight is 286 g/mol. The van der Waals surface area contributed by atoms with Crippen molar-refractivity contribution in [3.8, 4) is 5.75 Å². The molecule has 0 saturated heterocycles. The Morgan fingerprint density at radius 1 is 1.29 bits per heavy atom. The summed E-state index contributed by atoms with van der Waals surface area (Å²) in [5.41, 5.74) is 2.93.